The summed E-state index contributed by atoms with van der Waals surface area (Å²) >= 11 is 3.49. The van der Waals surface area contributed by atoms with Crippen LogP contribution in [0.1, 0.15) is 45.0 Å². The summed E-state index contributed by atoms with van der Waals surface area (Å²) in [5, 5.41) is 9.51. The first-order valence-corrected chi connectivity index (χ1v) is 7.92. The molecule has 0 aliphatic carbocycles. The van der Waals surface area contributed by atoms with Crippen LogP contribution in [0.25, 0.3) is 0 Å². The van der Waals surface area contributed by atoms with Crippen molar-refractivity contribution in [1.29, 1.82) is 0 Å². The number of hydrogen-bond donors (Lipinski definition) is 0. The molecule has 0 aliphatic rings. The Bertz CT molecular complexity index is 357. The number of aryl methyl sites for hydroxylation is 2. The van der Waals surface area contributed by atoms with Crippen molar-refractivity contribution < 1.29 is 0 Å². The molecule has 0 spiro atoms. The number of unbranched alkanes of at least 4 members (excludes halogenated alkanes) is 1. The SMILES string of the molecule is CCCCN(CCBr)c1nnc(CC)c(CC)n1. The number of aromatic nitrogens is 3. The number of alkyl halides is 1. The van der Waals surface area contributed by atoms with E-state index in [1.54, 1.807) is 0 Å². The van der Waals surface area contributed by atoms with E-state index < -0.39 is 0 Å². The van der Waals surface area contributed by atoms with E-state index in [9.17, 15) is 0 Å². The second kappa shape index (κ2) is 8.40. The molecule has 0 aliphatic heterocycles. The molecule has 18 heavy (non-hydrogen) atoms. The molecular weight excluding hydrogens is 292 g/mol. The Kier molecular flexibility index (Phi) is 7.16. The summed E-state index contributed by atoms with van der Waals surface area (Å²) in [7, 11) is 0. The molecule has 0 atom stereocenters. The molecule has 1 heterocycles. The molecule has 102 valence electrons. The molecular formula is C13H23BrN4. The molecule has 0 saturated carbocycles. The molecule has 4 nitrogen and oxygen atoms in total. The summed E-state index contributed by atoms with van der Waals surface area (Å²) < 4.78 is 0. The molecule has 0 amide bonds. The highest BCUT2D eigenvalue weighted by Gasteiger charge is 2.12. The van der Waals surface area contributed by atoms with Gasteiger partial charge in [-0.2, -0.15) is 5.10 Å². The van der Waals surface area contributed by atoms with Crippen molar-refractivity contribution in [1.82, 2.24) is 15.2 Å². The lowest BCUT2D eigenvalue weighted by atomic mass is 10.2. The Morgan fingerprint density at radius 2 is 1.72 bits per heavy atom. The maximum absolute atomic E-state index is 4.67. The van der Waals surface area contributed by atoms with Gasteiger partial charge in [0.2, 0.25) is 5.95 Å². The number of halogens is 1. The van der Waals surface area contributed by atoms with Gasteiger partial charge in [0.1, 0.15) is 0 Å². The Morgan fingerprint density at radius 1 is 1.00 bits per heavy atom. The average Bonchev–Trinajstić information content (AvgIpc) is 2.42. The van der Waals surface area contributed by atoms with E-state index in [1.807, 2.05) is 0 Å². The first-order chi connectivity index (χ1) is 8.76. The van der Waals surface area contributed by atoms with Crippen molar-refractivity contribution in [3.63, 3.8) is 0 Å². The fourth-order valence-corrected chi connectivity index (χ4v) is 2.25. The minimum Gasteiger partial charge on any atom is -0.339 e. The lowest BCUT2D eigenvalue weighted by Gasteiger charge is -2.21. The molecule has 1 rings (SSSR count). The van der Waals surface area contributed by atoms with E-state index in [4.69, 9.17) is 0 Å². The molecule has 0 unspecified atom stereocenters. The summed E-state index contributed by atoms with van der Waals surface area (Å²) in [5.41, 5.74) is 2.11. The summed E-state index contributed by atoms with van der Waals surface area (Å²) in [5.74, 6) is 0.775. The van der Waals surface area contributed by atoms with E-state index in [0.717, 1.165) is 55.0 Å². The van der Waals surface area contributed by atoms with Gasteiger partial charge >= 0.3 is 0 Å². The van der Waals surface area contributed by atoms with Crippen molar-refractivity contribution in [2.75, 3.05) is 23.3 Å². The monoisotopic (exact) mass is 314 g/mol. The quantitative estimate of drug-likeness (QED) is 0.692. The van der Waals surface area contributed by atoms with E-state index in [1.165, 1.54) is 6.42 Å². The predicted octanol–water partition coefficient (Wildman–Crippen LogP) is 3.00. The van der Waals surface area contributed by atoms with Gasteiger partial charge in [-0.1, -0.05) is 43.1 Å². The van der Waals surface area contributed by atoms with Crippen molar-refractivity contribution >= 4 is 21.9 Å². The standard InChI is InChI=1S/C13H23BrN4/c1-4-7-9-18(10-8-14)13-15-11(5-2)12(6-3)16-17-13/h4-10H2,1-3H3. The predicted molar refractivity (Wildman–Crippen MR) is 79.5 cm³/mol. The highest BCUT2D eigenvalue weighted by molar-refractivity contribution is 9.09. The van der Waals surface area contributed by atoms with E-state index in [0.29, 0.717) is 0 Å². The van der Waals surface area contributed by atoms with Crippen molar-refractivity contribution in [3.05, 3.63) is 11.4 Å². The van der Waals surface area contributed by atoms with Gasteiger partial charge in [-0.15, -0.1) is 5.10 Å². The lowest BCUT2D eigenvalue weighted by molar-refractivity contribution is 0.695. The number of anilines is 1. The van der Waals surface area contributed by atoms with Crippen LogP contribution in [0.4, 0.5) is 5.95 Å². The van der Waals surface area contributed by atoms with Crippen molar-refractivity contribution in [2.45, 2.75) is 46.5 Å². The van der Waals surface area contributed by atoms with Crippen LogP contribution >= 0.6 is 15.9 Å². The lowest BCUT2D eigenvalue weighted by Crippen LogP contribution is -2.29. The second-order valence-electron chi connectivity index (χ2n) is 4.24. The Labute approximate surface area is 118 Å². The molecule has 0 fully saturated rings. The molecule has 0 N–H and O–H groups in total. The normalized spacial score (nSPS) is 10.7. The smallest absolute Gasteiger partial charge is 0.245 e. The van der Waals surface area contributed by atoms with Crippen LogP contribution in [0.5, 0.6) is 0 Å². The molecule has 0 bridgehead atoms. The number of rotatable bonds is 8. The van der Waals surface area contributed by atoms with Gasteiger partial charge in [0.05, 0.1) is 11.4 Å². The van der Waals surface area contributed by atoms with Gasteiger partial charge < -0.3 is 4.90 Å². The topological polar surface area (TPSA) is 41.9 Å². The van der Waals surface area contributed by atoms with E-state index in [-0.39, 0.29) is 0 Å². The molecule has 1 aromatic heterocycles. The Hall–Kier alpha value is -0.710. The van der Waals surface area contributed by atoms with Crippen LogP contribution in [0.15, 0.2) is 0 Å². The first kappa shape index (κ1) is 15.3. The second-order valence-corrected chi connectivity index (χ2v) is 5.03. The van der Waals surface area contributed by atoms with Gasteiger partial charge in [-0.3, -0.25) is 0 Å². The third kappa shape index (κ3) is 4.19. The third-order valence-electron chi connectivity index (χ3n) is 2.92. The first-order valence-electron chi connectivity index (χ1n) is 6.80. The molecule has 0 aromatic carbocycles. The van der Waals surface area contributed by atoms with Crippen LogP contribution < -0.4 is 4.90 Å². The highest BCUT2D eigenvalue weighted by atomic mass is 79.9. The summed E-state index contributed by atoms with van der Waals surface area (Å²) in [6.45, 7) is 8.34. The summed E-state index contributed by atoms with van der Waals surface area (Å²) in [6.07, 6.45) is 4.16. The van der Waals surface area contributed by atoms with E-state index in [2.05, 4.69) is 56.8 Å². The van der Waals surface area contributed by atoms with Crippen LogP contribution in [-0.4, -0.2) is 33.6 Å². The van der Waals surface area contributed by atoms with Crippen LogP contribution in [0.3, 0.4) is 0 Å². The van der Waals surface area contributed by atoms with Crippen LogP contribution in [0.2, 0.25) is 0 Å². The number of hydrogen-bond acceptors (Lipinski definition) is 4. The fourth-order valence-electron chi connectivity index (χ4n) is 1.83. The average molecular weight is 315 g/mol. The maximum Gasteiger partial charge on any atom is 0.245 e. The molecule has 0 saturated heterocycles. The zero-order valence-corrected chi connectivity index (χ0v) is 13.2. The van der Waals surface area contributed by atoms with Gasteiger partial charge in [-0.05, 0) is 19.3 Å². The molecule has 0 radical (unpaired) electrons. The largest absolute Gasteiger partial charge is 0.339 e. The zero-order chi connectivity index (χ0) is 13.4. The van der Waals surface area contributed by atoms with E-state index >= 15 is 0 Å². The minimum atomic E-state index is 0.775. The summed E-state index contributed by atoms with van der Waals surface area (Å²) in [4.78, 5) is 6.88. The molecule has 5 heteroatoms. The Morgan fingerprint density at radius 3 is 2.28 bits per heavy atom. The van der Waals surface area contributed by atoms with Crippen LogP contribution in [-0.2, 0) is 12.8 Å². The molecule has 1 aromatic rings. The van der Waals surface area contributed by atoms with Crippen molar-refractivity contribution in [3.8, 4) is 0 Å². The van der Waals surface area contributed by atoms with Gasteiger partial charge in [0.25, 0.3) is 0 Å². The van der Waals surface area contributed by atoms with Gasteiger partial charge in [-0.25, -0.2) is 4.98 Å². The number of nitrogens with zero attached hydrogens (tertiary/aromatic N) is 4. The maximum atomic E-state index is 4.67. The van der Waals surface area contributed by atoms with Gasteiger partial charge in [0, 0.05) is 18.4 Å². The van der Waals surface area contributed by atoms with Gasteiger partial charge in [0.15, 0.2) is 0 Å². The highest BCUT2D eigenvalue weighted by Crippen LogP contribution is 2.12. The van der Waals surface area contributed by atoms with Crippen LogP contribution in [0, 0.1) is 0 Å². The third-order valence-corrected chi connectivity index (χ3v) is 3.27. The van der Waals surface area contributed by atoms with Crippen molar-refractivity contribution in [2.24, 2.45) is 0 Å². The summed E-state index contributed by atoms with van der Waals surface area (Å²) in [6, 6.07) is 0. The Balaban J connectivity index is 2.89. The fraction of sp³-hybridized carbons (Fsp3) is 0.769. The zero-order valence-electron chi connectivity index (χ0n) is 11.6. The minimum absolute atomic E-state index is 0.775.